The molecular formula is C12H23NO2. The molecule has 15 heavy (non-hydrogen) atoms. The molecule has 0 aliphatic heterocycles. The molecule has 1 amide bonds. The average molecular weight is 213 g/mol. The van der Waals surface area contributed by atoms with E-state index < -0.39 is 0 Å². The number of amides is 1. The Morgan fingerprint density at radius 3 is 1.73 bits per heavy atom. The molecule has 0 saturated heterocycles. The third-order valence-electron chi connectivity index (χ3n) is 2.41. The van der Waals surface area contributed by atoms with Crippen molar-refractivity contribution in [2.75, 3.05) is 13.1 Å². The number of carbonyl (C=O) groups excluding carboxylic acids is 2. The molecule has 0 aliphatic rings. The summed E-state index contributed by atoms with van der Waals surface area (Å²) in [4.78, 5) is 24.7. The van der Waals surface area contributed by atoms with Gasteiger partial charge in [-0.3, -0.25) is 9.59 Å². The lowest BCUT2D eigenvalue weighted by molar-refractivity contribution is -0.144. The van der Waals surface area contributed by atoms with Crippen LogP contribution in [0, 0.1) is 0 Å². The second-order valence-electron chi connectivity index (χ2n) is 3.78. The van der Waals surface area contributed by atoms with E-state index in [9.17, 15) is 9.59 Å². The van der Waals surface area contributed by atoms with E-state index >= 15 is 0 Å². The van der Waals surface area contributed by atoms with E-state index in [0.717, 1.165) is 38.8 Å². The molecule has 0 spiro atoms. The van der Waals surface area contributed by atoms with E-state index in [2.05, 4.69) is 13.8 Å². The SMILES string of the molecule is CCCCN(CCCC)C(=O)C(=O)CC. The number of rotatable bonds is 8. The van der Waals surface area contributed by atoms with Crippen molar-refractivity contribution in [2.45, 2.75) is 52.9 Å². The van der Waals surface area contributed by atoms with Crippen LogP contribution in [0.4, 0.5) is 0 Å². The van der Waals surface area contributed by atoms with Gasteiger partial charge in [-0.05, 0) is 12.8 Å². The Morgan fingerprint density at radius 1 is 0.933 bits per heavy atom. The summed E-state index contributed by atoms with van der Waals surface area (Å²) >= 11 is 0. The largest absolute Gasteiger partial charge is 0.336 e. The smallest absolute Gasteiger partial charge is 0.289 e. The maximum Gasteiger partial charge on any atom is 0.289 e. The third kappa shape index (κ3) is 5.55. The summed E-state index contributed by atoms with van der Waals surface area (Å²) in [6.45, 7) is 7.36. The molecular weight excluding hydrogens is 190 g/mol. The Balaban J connectivity index is 4.19. The summed E-state index contributed by atoms with van der Waals surface area (Å²) in [5.74, 6) is -0.554. The highest BCUT2D eigenvalue weighted by Gasteiger charge is 2.18. The van der Waals surface area contributed by atoms with Crippen LogP contribution in [0.25, 0.3) is 0 Å². The van der Waals surface area contributed by atoms with E-state index in [1.807, 2.05) is 0 Å². The van der Waals surface area contributed by atoms with Crippen LogP contribution in [0.2, 0.25) is 0 Å². The lowest BCUT2D eigenvalue weighted by atomic mass is 10.2. The number of hydrogen-bond acceptors (Lipinski definition) is 2. The van der Waals surface area contributed by atoms with Gasteiger partial charge in [-0.1, -0.05) is 33.6 Å². The first kappa shape index (κ1) is 14.1. The first-order valence-electron chi connectivity index (χ1n) is 5.99. The Hall–Kier alpha value is -0.860. The van der Waals surface area contributed by atoms with Crippen molar-refractivity contribution < 1.29 is 9.59 Å². The van der Waals surface area contributed by atoms with Crippen LogP contribution in [-0.2, 0) is 9.59 Å². The highest BCUT2D eigenvalue weighted by atomic mass is 16.2. The zero-order valence-electron chi connectivity index (χ0n) is 10.2. The van der Waals surface area contributed by atoms with Crippen molar-refractivity contribution in [1.82, 2.24) is 4.90 Å². The van der Waals surface area contributed by atoms with Gasteiger partial charge in [0, 0.05) is 19.5 Å². The second kappa shape index (κ2) is 8.45. The molecule has 0 unspecified atom stereocenters. The van der Waals surface area contributed by atoms with Gasteiger partial charge in [0.15, 0.2) is 0 Å². The van der Waals surface area contributed by atoms with Crippen molar-refractivity contribution in [1.29, 1.82) is 0 Å². The molecule has 0 radical (unpaired) electrons. The van der Waals surface area contributed by atoms with E-state index in [0.29, 0.717) is 6.42 Å². The fraction of sp³-hybridized carbons (Fsp3) is 0.833. The molecule has 0 aromatic rings. The summed E-state index contributed by atoms with van der Waals surface area (Å²) in [5, 5.41) is 0. The monoisotopic (exact) mass is 213 g/mol. The van der Waals surface area contributed by atoms with Gasteiger partial charge >= 0.3 is 0 Å². The first-order valence-corrected chi connectivity index (χ1v) is 5.99. The lowest BCUT2D eigenvalue weighted by Crippen LogP contribution is -2.37. The molecule has 3 nitrogen and oxygen atoms in total. The maximum absolute atomic E-state index is 11.7. The molecule has 0 saturated carbocycles. The van der Waals surface area contributed by atoms with Gasteiger partial charge in [0.25, 0.3) is 5.91 Å². The van der Waals surface area contributed by atoms with Gasteiger partial charge < -0.3 is 4.90 Å². The predicted octanol–water partition coefficient (Wildman–Crippen LogP) is 2.39. The van der Waals surface area contributed by atoms with Gasteiger partial charge in [0.2, 0.25) is 5.78 Å². The minimum atomic E-state index is -0.292. The van der Waals surface area contributed by atoms with Crippen LogP contribution in [0.3, 0.4) is 0 Å². The van der Waals surface area contributed by atoms with Crippen molar-refractivity contribution in [2.24, 2.45) is 0 Å². The van der Waals surface area contributed by atoms with E-state index in [1.54, 1.807) is 11.8 Å². The molecule has 0 bridgehead atoms. The van der Waals surface area contributed by atoms with Gasteiger partial charge in [-0.25, -0.2) is 0 Å². The van der Waals surface area contributed by atoms with Crippen LogP contribution in [0.1, 0.15) is 52.9 Å². The summed E-state index contributed by atoms with van der Waals surface area (Å²) in [5.41, 5.74) is 0. The molecule has 88 valence electrons. The first-order chi connectivity index (χ1) is 7.17. The van der Waals surface area contributed by atoms with Crippen LogP contribution in [0.15, 0.2) is 0 Å². The molecule has 0 heterocycles. The van der Waals surface area contributed by atoms with E-state index in [-0.39, 0.29) is 11.7 Å². The second-order valence-corrected chi connectivity index (χ2v) is 3.78. The van der Waals surface area contributed by atoms with Crippen LogP contribution >= 0.6 is 0 Å². The number of Topliss-reactive ketones (excluding diaryl/α,β-unsaturated/α-hetero) is 1. The van der Waals surface area contributed by atoms with Gasteiger partial charge in [-0.15, -0.1) is 0 Å². The molecule has 0 atom stereocenters. The molecule has 0 rings (SSSR count). The minimum Gasteiger partial charge on any atom is -0.336 e. The molecule has 0 aromatic heterocycles. The third-order valence-corrected chi connectivity index (χ3v) is 2.41. The standard InChI is InChI=1S/C12H23NO2/c1-4-7-9-13(10-8-5-2)12(15)11(14)6-3/h4-10H2,1-3H3. The summed E-state index contributed by atoms with van der Waals surface area (Å²) < 4.78 is 0. The highest BCUT2D eigenvalue weighted by Crippen LogP contribution is 2.01. The molecule has 3 heteroatoms. The van der Waals surface area contributed by atoms with Gasteiger partial charge in [0.05, 0.1) is 0 Å². The lowest BCUT2D eigenvalue weighted by Gasteiger charge is -2.21. The zero-order chi connectivity index (χ0) is 11.7. The van der Waals surface area contributed by atoms with E-state index in [4.69, 9.17) is 0 Å². The molecule has 0 N–H and O–H groups in total. The Labute approximate surface area is 92.8 Å². The Bertz CT molecular complexity index is 194. The predicted molar refractivity (Wildman–Crippen MR) is 61.7 cm³/mol. The summed E-state index contributed by atoms with van der Waals surface area (Å²) in [6, 6.07) is 0. The van der Waals surface area contributed by atoms with Gasteiger partial charge in [0.1, 0.15) is 0 Å². The molecule has 0 aliphatic carbocycles. The number of hydrogen-bond donors (Lipinski definition) is 0. The molecule has 0 aromatic carbocycles. The quantitative estimate of drug-likeness (QED) is 0.581. The highest BCUT2D eigenvalue weighted by molar-refractivity contribution is 6.35. The van der Waals surface area contributed by atoms with Crippen LogP contribution in [0.5, 0.6) is 0 Å². The Kier molecular flexibility index (Phi) is 7.96. The Morgan fingerprint density at radius 2 is 1.40 bits per heavy atom. The summed E-state index contributed by atoms with van der Waals surface area (Å²) in [6.07, 6.45) is 4.37. The zero-order valence-corrected chi connectivity index (χ0v) is 10.2. The molecule has 0 fully saturated rings. The van der Waals surface area contributed by atoms with Crippen molar-refractivity contribution >= 4 is 11.7 Å². The fourth-order valence-electron chi connectivity index (χ4n) is 1.34. The van der Waals surface area contributed by atoms with Crippen LogP contribution in [-0.4, -0.2) is 29.7 Å². The van der Waals surface area contributed by atoms with Crippen molar-refractivity contribution in [3.63, 3.8) is 0 Å². The number of unbranched alkanes of at least 4 members (excludes halogenated alkanes) is 2. The normalized spacial score (nSPS) is 10.1. The van der Waals surface area contributed by atoms with Gasteiger partial charge in [-0.2, -0.15) is 0 Å². The average Bonchev–Trinajstić information content (AvgIpc) is 2.27. The maximum atomic E-state index is 11.7. The topological polar surface area (TPSA) is 37.4 Å². The summed E-state index contributed by atoms with van der Waals surface area (Å²) in [7, 11) is 0. The van der Waals surface area contributed by atoms with Crippen molar-refractivity contribution in [3.05, 3.63) is 0 Å². The van der Waals surface area contributed by atoms with Crippen LogP contribution < -0.4 is 0 Å². The minimum absolute atomic E-state index is 0.262. The number of nitrogens with zero attached hydrogens (tertiary/aromatic N) is 1. The fourth-order valence-corrected chi connectivity index (χ4v) is 1.34. The van der Waals surface area contributed by atoms with E-state index in [1.165, 1.54) is 0 Å². The number of ketones is 1. The number of carbonyl (C=O) groups is 2. The van der Waals surface area contributed by atoms with Crippen molar-refractivity contribution in [3.8, 4) is 0 Å².